The Hall–Kier alpha value is -1.77. The maximum Gasteiger partial charge on any atom is 0.225 e. The third-order valence-electron chi connectivity index (χ3n) is 6.04. The average molecular weight is 436 g/mol. The molecule has 3 rings (SSSR count). The van der Waals surface area contributed by atoms with E-state index in [0.717, 1.165) is 55.8 Å². The fourth-order valence-corrected chi connectivity index (χ4v) is 5.00. The number of thioether (sulfide) groups is 1. The van der Waals surface area contributed by atoms with Crippen LogP contribution in [0.15, 0.2) is 10.1 Å². The summed E-state index contributed by atoms with van der Waals surface area (Å²) in [5, 5.41) is 16.8. The number of aliphatic imine (C=N–C) groups is 1. The van der Waals surface area contributed by atoms with Gasteiger partial charge in [0.25, 0.3) is 0 Å². The van der Waals surface area contributed by atoms with Crippen molar-refractivity contribution in [1.29, 1.82) is 0 Å². The monoisotopic (exact) mass is 435 g/mol. The summed E-state index contributed by atoms with van der Waals surface area (Å²) in [7, 11) is 1.79. The average Bonchev–Trinajstić information content (AvgIpc) is 3.49. The highest BCUT2D eigenvalue weighted by atomic mass is 32.2. The Bertz CT molecular complexity index is 727. The lowest BCUT2D eigenvalue weighted by atomic mass is 10.2. The van der Waals surface area contributed by atoms with Crippen LogP contribution in [0.1, 0.15) is 64.2 Å². The summed E-state index contributed by atoms with van der Waals surface area (Å²) < 4.78 is 2.38. The molecule has 0 bridgehead atoms. The van der Waals surface area contributed by atoms with Crippen molar-refractivity contribution < 1.29 is 4.79 Å². The summed E-state index contributed by atoms with van der Waals surface area (Å²) in [6, 6.07) is 0.826. The number of guanidine groups is 1. The summed E-state index contributed by atoms with van der Waals surface area (Å²) in [5.41, 5.74) is 0. The fraction of sp³-hybridized carbons (Fsp3) is 0.810. The SMILES string of the molecule is CN=C(NCCCc1nnc(SC)n1C1CCCC1)NC1CCN(C(=O)C(C)C)C1. The lowest BCUT2D eigenvalue weighted by Gasteiger charge is -2.20. The fourth-order valence-electron chi connectivity index (χ4n) is 4.43. The molecule has 1 aromatic rings. The van der Waals surface area contributed by atoms with Crippen LogP contribution in [-0.4, -0.2) is 70.5 Å². The molecule has 8 nitrogen and oxygen atoms in total. The van der Waals surface area contributed by atoms with Gasteiger partial charge in [-0.1, -0.05) is 38.5 Å². The molecule has 1 aliphatic carbocycles. The van der Waals surface area contributed by atoms with E-state index in [1.165, 1.54) is 25.7 Å². The van der Waals surface area contributed by atoms with Crippen molar-refractivity contribution >= 4 is 23.6 Å². The van der Waals surface area contributed by atoms with Gasteiger partial charge in [0.05, 0.1) is 0 Å². The van der Waals surface area contributed by atoms with E-state index in [4.69, 9.17) is 0 Å². The summed E-state index contributed by atoms with van der Waals surface area (Å²) in [5.74, 6) is 2.20. The van der Waals surface area contributed by atoms with E-state index in [1.54, 1.807) is 18.8 Å². The maximum atomic E-state index is 12.2. The molecular formula is C21H37N7OS. The highest BCUT2D eigenvalue weighted by Gasteiger charge is 2.28. The van der Waals surface area contributed by atoms with Crippen LogP contribution in [-0.2, 0) is 11.2 Å². The van der Waals surface area contributed by atoms with Crippen LogP contribution in [0.3, 0.4) is 0 Å². The molecule has 2 heterocycles. The minimum atomic E-state index is 0.0547. The van der Waals surface area contributed by atoms with E-state index in [9.17, 15) is 4.79 Å². The van der Waals surface area contributed by atoms with Gasteiger partial charge < -0.3 is 20.1 Å². The summed E-state index contributed by atoms with van der Waals surface area (Å²) in [6.07, 6.45) is 10.0. The molecule has 30 heavy (non-hydrogen) atoms. The van der Waals surface area contributed by atoms with Crippen LogP contribution in [0, 0.1) is 5.92 Å². The number of amides is 1. The van der Waals surface area contributed by atoms with Crippen molar-refractivity contribution in [3.8, 4) is 0 Å². The number of aromatic nitrogens is 3. The summed E-state index contributed by atoms with van der Waals surface area (Å²) in [6.45, 7) is 6.31. The number of rotatable bonds is 8. The Labute approximate surface area is 184 Å². The molecule has 1 aliphatic heterocycles. The first-order chi connectivity index (χ1) is 14.5. The van der Waals surface area contributed by atoms with E-state index in [2.05, 4.69) is 36.6 Å². The zero-order chi connectivity index (χ0) is 21.5. The quantitative estimate of drug-likeness (QED) is 0.282. The minimum Gasteiger partial charge on any atom is -0.356 e. The number of likely N-dealkylation sites (tertiary alicyclic amines) is 1. The van der Waals surface area contributed by atoms with Crippen molar-refractivity contribution in [2.24, 2.45) is 10.9 Å². The molecule has 1 atom stereocenters. The Morgan fingerprint density at radius 2 is 2.03 bits per heavy atom. The van der Waals surface area contributed by atoms with Gasteiger partial charge in [0.1, 0.15) is 5.82 Å². The predicted octanol–water partition coefficient (Wildman–Crippen LogP) is 2.47. The van der Waals surface area contributed by atoms with Crippen LogP contribution >= 0.6 is 11.8 Å². The molecule has 2 fully saturated rings. The van der Waals surface area contributed by atoms with Gasteiger partial charge in [0.15, 0.2) is 11.1 Å². The van der Waals surface area contributed by atoms with Crippen molar-refractivity contribution in [2.75, 3.05) is 32.9 Å². The number of aryl methyl sites for hydroxylation is 1. The molecule has 2 aliphatic rings. The van der Waals surface area contributed by atoms with E-state index < -0.39 is 0 Å². The highest BCUT2D eigenvalue weighted by Crippen LogP contribution is 2.33. The number of nitrogens with zero attached hydrogens (tertiary/aromatic N) is 5. The molecule has 0 radical (unpaired) electrons. The van der Waals surface area contributed by atoms with Crippen LogP contribution in [0.4, 0.5) is 0 Å². The molecule has 1 aromatic heterocycles. The van der Waals surface area contributed by atoms with Crippen molar-refractivity contribution in [3.05, 3.63) is 5.82 Å². The van der Waals surface area contributed by atoms with Crippen molar-refractivity contribution in [1.82, 2.24) is 30.3 Å². The Morgan fingerprint density at radius 3 is 2.70 bits per heavy atom. The topological polar surface area (TPSA) is 87.4 Å². The van der Waals surface area contributed by atoms with Crippen LogP contribution in [0.25, 0.3) is 0 Å². The van der Waals surface area contributed by atoms with Crippen molar-refractivity contribution in [3.63, 3.8) is 0 Å². The number of nitrogens with one attached hydrogen (secondary N) is 2. The van der Waals surface area contributed by atoms with Crippen LogP contribution in [0.5, 0.6) is 0 Å². The van der Waals surface area contributed by atoms with Gasteiger partial charge in [0, 0.05) is 51.1 Å². The Kier molecular flexibility index (Phi) is 8.41. The zero-order valence-corrected chi connectivity index (χ0v) is 19.7. The van der Waals surface area contributed by atoms with E-state index in [-0.39, 0.29) is 17.9 Å². The summed E-state index contributed by atoms with van der Waals surface area (Å²) in [4.78, 5) is 18.5. The standard InChI is InChI=1S/C21H37N7OS/c1-15(2)19(29)27-13-11-16(14-27)24-20(22-3)23-12-7-10-18-25-26-21(30-4)28(18)17-8-5-6-9-17/h15-17H,5-14H2,1-4H3,(H2,22,23,24). The molecule has 168 valence electrons. The second-order valence-corrected chi connectivity index (χ2v) is 9.36. The minimum absolute atomic E-state index is 0.0547. The van der Waals surface area contributed by atoms with Crippen LogP contribution < -0.4 is 10.6 Å². The smallest absolute Gasteiger partial charge is 0.225 e. The van der Waals surface area contributed by atoms with Gasteiger partial charge in [-0.05, 0) is 31.9 Å². The second kappa shape index (κ2) is 11.0. The van der Waals surface area contributed by atoms with Gasteiger partial charge in [-0.3, -0.25) is 9.79 Å². The van der Waals surface area contributed by atoms with Gasteiger partial charge in [-0.15, -0.1) is 10.2 Å². The molecule has 1 saturated heterocycles. The normalized spacial score (nSPS) is 20.4. The first-order valence-corrected chi connectivity index (χ1v) is 12.5. The van der Waals surface area contributed by atoms with Gasteiger partial charge in [-0.2, -0.15) is 0 Å². The second-order valence-electron chi connectivity index (χ2n) is 8.58. The van der Waals surface area contributed by atoms with E-state index in [0.29, 0.717) is 6.04 Å². The summed E-state index contributed by atoms with van der Waals surface area (Å²) >= 11 is 1.69. The number of carbonyl (C=O) groups is 1. The molecule has 2 N–H and O–H groups in total. The zero-order valence-electron chi connectivity index (χ0n) is 18.9. The molecule has 0 spiro atoms. The molecular weight excluding hydrogens is 398 g/mol. The molecule has 9 heteroatoms. The number of hydrogen-bond donors (Lipinski definition) is 2. The molecule has 1 unspecified atom stereocenters. The van der Waals surface area contributed by atoms with Gasteiger partial charge in [0.2, 0.25) is 5.91 Å². The van der Waals surface area contributed by atoms with Gasteiger partial charge >= 0.3 is 0 Å². The van der Waals surface area contributed by atoms with E-state index in [1.807, 2.05) is 18.7 Å². The van der Waals surface area contributed by atoms with Crippen molar-refractivity contribution in [2.45, 2.75) is 76.0 Å². The molecule has 1 amide bonds. The Balaban J connectivity index is 1.44. The lowest BCUT2D eigenvalue weighted by molar-refractivity contribution is -0.133. The number of carbonyl (C=O) groups excluding carboxylic acids is 1. The third kappa shape index (κ3) is 5.68. The largest absolute Gasteiger partial charge is 0.356 e. The highest BCUT2D eigenvalue weighted by molar-refractivity contribution is 7.98. The Morgan fingerprint density at radius 1 is 1.27 bits per heavy atom. The lowest BCUT2D eigenvalue weighted by Crippen LogP contribution is -2.45. The maximum absolute atomic E-state index is 12.2. The van der Waals surface area contributed by atoms with E-state index >= 15 is 0 Å². The third-order valence-corrected chi connectivity index (χ3v) is 6.68. The first kappa shape index (κ1) is 22.9. The van der Waals surface area contributed by atoms with Crippen LogP contribution in [0.2, 0.25) is 0 Å². The number of hydrogen-bond acceptors (Lipinski definition) is 5. The molecule has 0 aromatic carbocycles. The predicted molar refractivity (Wildman–Crippen MR) is 122 cm³/mol. The van der Waals surface area contributed by atoms with Gasteiger partial charge in [-0.25, -0.2) is 0 Å². The molecule has 1 saturated carbocycles. The first-order valence-electron chi connectivity index (χ1n) is 11.3.